The van der Waals surface area contributed by atoms with E-state index in [0.717, 1.165) is 41.2 Å². The summed E-state index contributed by atoms with van der Waals surface area (Å²) in [6.07, 6.45) is 0. The number of thioether (sulfide) groups is 1. The van der Waals surface area contributed by atoms with Crippen LogP contribution in [0.15, 0.2) is 36.4 Å². The average molecular weight is 346 g/mol. The number of nitrogens with one attached hydrogen (secondary N) is 1. The first-order valence-corrected chi connectivity index (χ1v) is 8.76. The van der Waals surface area contributed by atoms with E-state index in [4.69, 9.17) is 0 Å². The van der Waals surface area contributed by atoms with Crippen LogP contribution in [0.25, 0.3) is 0 Å². The van der Waals surface area contributed by atoms with Gasteiger partial charge >= 0.3 is 0 Å². The van der Waals surface area contributed by atoms with Crippen molar-refractivity contribution < 1.29 is 13.6 Å². The lowest BCUT2D eigenvalue weighted by Crippen LogP contribution is -2.44. The van der Waals surface area contributed by atoms with Gasteiger partial charge in [-0.1, -0.05) is 23.8 Å². The van der Waals surface area contributed by atoms with Gasteiger partial charge in [-0.25, -0.2) is 8.78 Å². The third-order valence-electron chi connectivity index (χ3n) is 4.49. The molecule has 1 saturated heterocycles. The summed E-state index contributed by atoms with van der Waals surface area (Å²) in [6.45, 7) is 2.98. The van der Waals surface area contributed by atoms with Gasteiger partial charge in [-0.3, -0.25) is 10.1 Å². The number of nitrogens with zero attached hydrogens (tertiary/aromatic N) is 1. The third kappa shape index (κ3) is 2.24. The van der Waals surface area contributed by atoms with Crippen molar-refractivity contribution in [2.45, 2.75) is 18.3 Å². The second-order valence-corrected chi connectivity index (χ2v) is 7.43. The Balaban J connectivity index is 1.76. The molecule has 2 heterocycles. The SMILES string of the molecule is Cc1ccc2c(c1)C1(NCCS1)C(=O)N2Cc1ccc(F)c(F)c1. The minimum absolute atomic E-state index is 0.0460. The summed E-state index contributed by atoms with van der Waals surface area (Å²) in [5, 5.41) is 3.34. The van der Waals surface area contributed by atoms with Crippen molar-refractivity contribution in [3.05, 3.63) is 64.7 Å². The van der Waals surface area contributed by atoms with E-state index in [2.05, 4.69) is 5.32 Å². The van der Waals surface area contributed by atoms with Crippen molar-refractivity contribution in [1.82, 2.24) is 5.32 Å². The van der Waals surface area contributed by atoms with Crippen molar-refractivity contribution >= 4 is 23.4 Å². The Kier molecular flexibility index (Phi) is 3.62. The van der Waals surface area contributed by atoms with Crippen LogP contribution < -0.4 is 10.2 Å². The molecular formula is C18H16F2N2OS. The van der Waals surface area contributed by atoms with Crippen LogP contribution >= 0.6 is 11.8 Å². The van der Waals surface area contributed by atoms with Crippen LogP contribution in [0.2, 0.25) is 0 Å². The minimum Gasteiger partial charge on any atom is -0.305 e. The second-order valence-electron chi connectivity index (χ2n) is 6.12. The Morgan fingerprint density at radius 3 is 2.75 bits per heavy atom. The highest BCUT2D eigenvalue weighted by atomic mass is 32.2. The molecule has 0 radical (unpaired) electrons. The smallest absolute Gasteiger partial charge is 0.262 e. The molecule has 1 atom stereocenters. The number of hydrogen-bond donors (Lipinski definition) is 1. The van der Waals surface area contributed by atoms with Gasteiger partial charge in [0.1, 0.15) is 0 Å². The molecule has 6 heteroatoms. The van der Waals surface area contributed by atoms with E-state index in [1.807, 2.05) is 25.1 Å². The van der Waals surface area contributed by atoms with Crippen LogP contribution in [-0.4, -0.2) is 18.2 Å². The molecule has 0 saturated carbocycles. The van der Waals surface area contributed by atoms with Crippen LogP contribution in [0.5, 0.6) is 0 Å². The number of fused-ring (bicyclic) bond motifs is 2. The number of anilines is 1. The van der Waals surface area contributed by atoms with Gasteiger partial charge in [-0.2, -0.15) is 0 Å². The van der Waals surface area contributed by atoms with E-state index in [-0.39, 0.29) is 12.5 Å². The summed E-state index contributed by atoms with van der Waals surface area (Å²) in [5.74, 6) is -0.966. The highest BCUT2D eigenvalue weighted by molar-refractivity contribution is 8.01. The zero-order chi connectivity index (χ0) is 16.9. The molecule has 1 fully saturated rings. The molecule has 0 aromatic heterocycles. The highest BCUT2D eigenvalue weighted by Crippen LogP contribution is 2.49. The second kappa shape index (κ2) is 5.57. The maximum atomic E-state index is 13.5. The van der Waals surface area contributed by atoms with E-state index in [0.29, 0.717) is 5.56 Å². The molecule has 4 rings (SSSR count). The number of hydrogen-bond acceptors (Lipinski definition) is 3. The summed E-state index contributed by atoms with van der Waals surface area (Å²) in [6, 6.07) is 9.68. The number of aryl methyl sites for hydroxylation is 1. The fourth-order valence-electron chi connectivity index (χ4n) is 3.35. The van der Waals surface area contributed by atoms with Gasteiger partial charge in [-0.15, -0.1) is 11.8 Å². The summed E-state index contributed by atoms with van der Waals surface area (Å²) < 4.78 is 26.6. The lowest BCUT2D eigenvalue weighted by atomic mass is 10.0. The number of amides is 1. The van der Waals surface area contributed by atoms with Gasteiger partial charge in [0.2, 0.25) is 0 Å². The summed E-state index contributed by atoms with van der Waals surface area (Å²) in [5.41, 5.74) is 3.44. The molecule has 1 unspecified atom stereocenters. The van der Waals surface area contributed by atoms with E-state index >= 15 is 0 Å². The van der Waals surface area contributed by atoms with Crippen molar-refractivity contribution in [3.8, 4) is 0 Å². The predicted molar refractivity (Wildman–Crippen MR) is 90.9 cm³/mol. The van der Waals surface area contributed by atoms with Gasteiger partial charge in [0, 0.05) is 17.9 Å². The van der Waals surface area contributed by atoms with Gasteiger partial charge in [-0.05, 0) is 30.7 Å². The van der Waals surface area contributed by atoms with Crippen LogP contribution in [0.1, 0.15) is 16.7 Å². The Morgan fingerprint density at radius 2 is 2.04 bits per heavy atom. The predicted octanol–water partition coefficient (Wildman–Crippen LogP) is 3.31. The first kappa shape index (κ1) is 15.6. The standard InChI is InChI=1S/C18H16F2N2OS/c1-11-2-5-16-13(8-11)18(21-6-7-24-18)17(23)22(16)10-12-3-4-14(19)15(20)9-12/h2-5,8-9,21H,6-7,10H2,1H3. The number of rotatable bonds is 2. The summed E-state index contributed by atoms with van der Waals surface area (Å²) in [7, 11) is 0. The van der Waals surface area contributed by atoms with Crippen molar-refractivity contribution in [3.63, 3.8) is 0 Å². The van der Waals surface area contributed by atoms with E-state index < -0.39 is 16.5 Å². The molecule has 1 spiro atoms. The first-order chi connectivity index (χ1) is 11.5. The molecule has 2 aromatic rings. The van der Waals surface area contributed by atoms with Crippen molar-refractivity contribution in [1.29, 1.82) is 0 Å². The summed E-state index contributed by atoms with van der Waals surface area (Å²) in [4.78, 5) is 14.0. The lowest BCUT2D eigenvalue weighted by Gasteiger charge is -2.23. The third-order valence-corrected chi connectivity index (χ3v) is 5.87. The fourth-order valence-corrected chi connectivity index (χ4v) is 4.62. The summed E-state index contributed by atoms with van der Waals surface area (Å²) >= 11 is 1.60. The molecule has 0 aliphatic carbocycles. The van der Waals surface area contributed by atoms with E-state index in [1.165, 1.54) is 6.07 Å². The normalized spacial score (nSPS) is 22.5. The topological polar surface area (TPSA) is 32.3 Å². The fraction of sp³-hybridized carbons (Fsp3) is 0.278. The molecule has 24 heavy (non-hydrogen) atoms. The number of carbonyl (C=O) groups is 1. The number of halogens is 2. The Labute approximate surface area is 143 Å². The van der Waals surface area contributed by atoms with Crippen molar-refractivity contribution in [2.24, 2.45) is 0 Å². The zero-order valence-corrected chi connectivity index (χ0v) is 13.9. The van der Waals surface area contributed by atoms with Crippen LogP contribution in [0, 0.1) is 18.6 Å². The lowest BCUT2D eigenvalue weighted by molar-refractivity contribution is -0.121. The largest absolute Gasteiger partial charge is 0.305 e. The van der Waals surface area contributed by atoms with Gasteiger partial charge in [0.25, 0.3) is 5.91 Å². The average Bonchev–Trinajstić information content (AvgIpc) is 3.13. The Bertz CT molecular complexity index is 834. The molecule has 0 bridgehead atoms. The van der Waals surface area contributed by atoms with Crippen LogP contribution in [0.3, 0.4) is 0 Å². The Hall–Kier alpha value is -1.92. The van der Waals surface area contributed by atoms with Gasteiger partial charge < -0.3 is 4.90 Å². The maximum absolute atomic E-state index is 13.5. The highest BCUT2D eigenvalue weighted by Gasteiger charge is 2.53. The Morgan fingerprint density at radius 1 is 1.21 bits per heavy atom. The monoisotopic (exact) mass is 346 g/mol. The molecule has 3 nitrogen and oxygen atoms in total. The zero-order valence-electron chi connectivity index (χ0n) is 13.1. The molecule has 1 amide bonds. The molecule has 1 N–H and O–H groups in total. The quantitative estimate of drug-likeness (QED) is 0.905. The minimum atomic E-state index is -0.897. The van der Waals surface area contributed by atoms with E-state index in [1.54, 1.807) is 16.7 Å². The van der Waals surface area contributed by atoms with Crippen molar-refractivity contribution in [2.75, 3.05) is 17.2 Å². The van der Waals surface area contributed by atoms with Crippen LogP contribution in [0.4, 0.5) is 14.5 Å². The first-order valence-electron chi connectivity index (χ1n) is 7.77. The maximum Gasteiger partial charge on any atom is 0.262 e. The molecule has 2 aliphatic heterocycles. The molecule has 2 aliphatic rings. The molecule has 2 aromatic carbocycles. The number of carbonyl (C=O) groups excluding carboxylic acids is 1. The van der Waals surface area contributed by atoms with Gasteiger partial charge in [0.15, 0.2) is 16.5 Å². The van der Waals surface area contributed by atoms with E-state index in [9.17, 15) is 13.6 Å². The molecule has 124 valence electrons. The number of benzene rings is 2. The van der Waals surface area contributed by atoms with Gasteiger partial charge in [0.05, 0.1) is 12.2 Å². The molecular weight excluding hydrogens is 330 g/mol. The van der Waals surface area contributed by atoms with Crippen LogP contribution in [-0.2, 0) is 16.2 Å².